The Balaban J connectivity index is 2.45. The average Bonchev–Trinajstić information content (AvgIpc) is 2.78. The number of aliphatic imine (C=N–C) groups is 1. The SMILES string of the molecule is CNC(=O)C1=N/C(=C\c2cc(F)c(O)c(OC)c2)C(=O)N1C. The molecule has 1 aromatic rings. The van der Waals surface area contributed by atoms with Gasteiger partial charge in [-0.2, -0.15) is 0 Å². The van der Waals surface area contributed by atoms with Crippen LogP contribution in [0.3, 0.4) is 0 Å². The molecule has 2 rings (SSSR count). The van der Waals surface area contributed by atoms with Gasteiger partial charge in [0.1, 0.15) is 5.70 Å². The molecule has 8 heteroatoms. The smallest absolute Gasteiger partial charge is 0.287 e. The molecule has 1 aliphatic rings. The predicted molar refractivity (Wildman–Crippen MR) is 76.9 cm³/mol. The number of phenols is 1. The Kier molecular flexibility index (Phi) is 4.11. The van der Waals surface area contributed by atoms with Crippen LogP contribution in [0.2, 0.25) is 0 Å². The number of amidine groups is 1. The summed E-state index contributed by atoms with van der Waals surface area (Å²) in [5.41, 5.74) is 0.249. The minimum Gasteiger partial charge on any atom is -0.502 e. The number of nitrogens with one attached hydrogen (secondary N) is 1. The normalized spacial score (nSPS) is 16.0. The summed E-state index contributed by atoms with van der Waals surface area (Å²) in [6, 6.07) is 2.39. The van der Waals surface area contributed by atoms with E-state index in [1.54, 1.807) is 0 Å². The lowest BCUT2D eigenvalue weighted by Crippen LogP contribution is -2.38. The number of likely N-dealkylation sites (N-methyl/N-ethyl adjacent to an activating group) is 2. The van der Waals surface area contributed by atoms with Crippen molar-refractivity contribution in [3.05, 3.63) is 29.2 Å². The largest absolute Gasteiger partial charge is 0.502 e. The van der Waals surface area contributed by atoms with E-state index in [1.807, 2.05) is 0 Å². The Labute approximate surface area is 125 Å². The van der Waals surface area contributed by atoms with Crippen molar-refractivity contribution in [3.8, 4) is 11.5 Å². The zero-order valence-corrected chi connectivity index (χ0v) is 12.2. The lowest BCUT2D eigenvalue weighted by atomic mass is 10.1. The number of hydrogen-bond donors (Lipinski definition) is 2. The molecule has 0 saturated carbocycles. The van der Waals surface area contributed by atoms with Crippen LogP contribution in [-0.4, -0.2) is 48.9 Å². The highest BCUT2D eigenvalue weighted by Gasteiger charge is 2.30. The predicted octanol–water partition coefficient (Wildman–Crippen LogP) is 0.497. The van der Waals surface area contributed by atoms with Crippen molar-refractivity contribution in [2.45, 2.75) is 0 Å². The highest BCUT2D eigenvalue weighted by atomic mass is 19.1. The van der Waals surface area contributed by atoms with Crippen LogP contribution in [0.4, 0.5) is 4.39 Å². The van der Waals surface area contributed by atoms with Crippen LogP contribution in [0.15, 0.2) is 22.8 Å². The molecule has 0 fully saturated rings. The monoisotopic (exact) mass is 307 g/mol. The molecule has 116 valence electrons. The van der Waals surface area contributed by atoms with Crippen molar-refractivity contribution in [1.82, 2.24) is 10.2 Å². The topological polar surface area (TPSA) is 91.2 Å². The van der Waals surface area contributed by atoms with Crippen molar-refractivity contribution < 1.29 is 23.8 Å². The first-order valence-electron chi connectivity index (χ1n) is 6.26. The van der Waals surface area contributed by atoms with E-state index >= 15 is 0 Å². The van der Waals surface area contributed by atoms with Gasteiger partial charge in [-0.05, 0) is 23.8 Å². The first kappa shape index (κ1) is 15.5. The lowest BCUT2D eigenvalue weighted by Gasteiger charge is -2.09. The van der Waals surface area contributed by atoms with Gasteiger partial charge in [-0.25, -0.2) is 9.38 Å². The zero-order valence-electron chi connectivity index (χ0n) is 12.2. The molecule has 2 amide bonds. The standard InChI is InChI=1S/C14H14FN3O4/c1-16-13(20)12-17-9(14(21)18(12)2)5-7-4-8(15)11(19)10(6-7)22-3/h4-6,19H,1-3H3,(H,16,20)/b9-5-. The van der Waals surface area contributed by atoms with Crippen molar-refractivity contribution in [3.63, 3.8) is 0 Å². The summed E-state index contributed by atoms with van der Waals surface area (Å²) >= 11 is 0. The zero-order chi connectivity index (χ0) is 16.4. The number of amides is 2. The Morgan fingerprint density at radius 2 is 2.18 bits per heavy atom. The molecular weight excluding hydrogens is 293 g/mol. The minimum absolute atomic E-state index is 0.0201. The number of hydrogen-bond acceptors (Lipinski definition) is 5. The average molecular weight is 307 g/mol. The maximum atomic E-state index is 13.6. The molecule has 0 radical (unpaired) electrons. The summed E-state index contributed by atoms with van der Waals surface area (Å²) in [5, 5.41) is 11.8. The van der Waals surface area contributed by atoms with Crippen LogP contribution >= 0.6 is 0 Å². The molecule has 1 aromatic carbocycles. The van der Waals surface area contributed by atoms with Gasteiger partial charge in [0.05, 0.1) is 7.11 Å². The fourth-order valence-corrected chi connectivity index (χ4v) is 1.90. The number of carbonyl (C=O) groups is 2. The van der Waals surface area contributed by atoms with E-state index in [0.717, 1.165) is 11.0 Å². The summed E-state index contributed by atoms with van der Waals surface area (Å²) in [6.45, 7) is 0. The molecule has 0 saturated heterocycles. The molecule has 1 heterocycles. The second-order valence-corrected chi connectivity index (χ2v) is 4.46. The summed E-state index contributed by atoms with van der Waals surface area (Å²) < 4.78 is 18.4. The summed E-state index contributed by atoms with van der Waals surface area (Å²) in [6.07, 6.45) is 1.31. The van der Waals surface area contributed by atoms with Crippen molar-refractivity contribution in [2.75, 3.05) is 21.2 Å². The maximum absolute atomic E-state index is 13.6. The van der Waals surface area contributed by atoms with Crippen LogP contribution in [-0.2, 0) is 9.59 Å². The number of carbonyl (C=O) groups excluding carboxylic acids is 2. The van der Waals surface area contributed by atoms with Crippen LogP contribution in [0.25, 0.3) is 6.08 Å². The molecule has 0 spiro atoms. The molecular formula is C14H14FN3O4. The van der Waals surface area contributed by atoms with Crippen LogP contribution in [0, 0.1) is 5.82 Å². The van der Waals surface area contributed by atoms with E-state index < -0.39 is 23.4 Å². The highest BCUT2D eigenvalue weighted by molar-refractivity contribution is 6.43. The summed E-state index contributed by atoms with van der Waals surface area (Å²) in [4.78, 5) is 28.7. The Bertz CT molecular complexity index is 712. The summed E-state index contributed by atoms with van der Waals surface area (Å²) in [7, 11) is 4.11. The summed E-state index contributed by atoms with van der Waals surface area (Å²) in [5.74, 6) is -2.62. The quantitative estimate of drug-likeness (QED) is 0.795. The molecule has 2 N–H and O–H groups in total. The molecule has 0 aromatic heterocycles. The van der Waals surface area contributed by atoms with E-state index in [4.69, 9.17) is 4.74 Å². The third-order valence-corrected chi connectivity index (χ3v) is 3.07. The Morgan fingerprint density at radius 1 is 1.50 bits per heavy atom. The molecule has 7 nitrogen and oxygen atoms in total. The van der Waals surface area contributed by atoms with Crippen LogP contribution in [0.5, 0.6) is 11.5 Å². The van der Waals surface area contributed by atoms with Gasteiger partial charge in [-0.3, -0.25) is 14.5 Å². The first-order valence-corrected chi connectivity index (χ1v) is 6.26. The fraction of sp³-hybridized carbons (Fsp3) is 0.214. The number of benzene rings is 1. The third-order valence-electron chi connectivity index (χ3n) is 3.07. The van der Waals surface area contributed by atoms with E-state index in [2.05, 4.69) is 10.3 Å². The second-order valence-electron chi connectivity index (χ2n) is 4.46. The number of nitrogens with zero attached hydrogens (tertiary/aromatic N) is 2. The first-order chi connectivity index (χ1) is 10.4. The van der Waals surface area contributed by atoms with Gasteiger partial charge < -0.3 is 15.2 Å². The van der Waals surface area contributed by atoms with Crippen LogP contribution < -0.4 is 10.1 Å². The molecule has 0 bridgehead atoms. The molecule has 22 heavy (non-hydrogen) atoms. The van der Waals surface area contributed by atoms with Gasteiger partial charge in [0.15, 0.2) is 17.3 Å². The molecule has 0 unspecified atom stereocenters. The fourth-order valence-electron chi connectivity index (χ4n) is 1.90. The van der Waals surface area contributed by atoms with Gasteiger partial charge in [-0.1, -0.05) is 0 Å². The van der Waals surface area contributed by atoms with Gasteiger partial charge in [0, 0.05) is 14.1 Å². The van der Waals surface area contributed by atoms with Gasteiger partial charge >= 0.3 is 0 Å². The Hall–Kier alpha value is -2.90. The van der Waals surface area contributed by atoms with E-state index in [0.29, 0.717) is 0 Å². The number of halogens is 1. The van der Waals surface area contributed by atoms with E-state index in [1.165, 1.54) is 33.3 Å². The van der Waals surface area contributed by atoms with Crippen molar-refractivity contribution >= 4 is 23.7 Å². The van der Waals surface area contributed by atoms with Crippen molar-refractivity contribution in [1.29, 1.82) is 0 Å². The number of ether oxygens (including phenoxy) is 1. The number of aromatic hydroxyl groups is 1. The Morgan fingerprint density at radius 3 is 2.77 bits per heavy atom. The third kappa shape index (κ3) is 2.62. The van der Waals surface area contributed by atoms with Gasteiger partial charge in [0.2, 0.25) is 5.84 Å². The molecule has 0 atom stereocenters. The number of rotatable bonds is 3. The lowest BCUT2D eigenvalue weighted by molar-refractivity contribution is -0.123. The van der Waals surface area contributed by atoms with Crippen LogP contribution in [0.1, 0.15) is 5.56 Å². The van der Waals surface area contributed by atoms with E-state index in [-0.39, 0.29) is 22.8 Å². The second kappa shape index (κ2) is 5.84. The molecule has 1 aliphatic heterocycles. The van der Waals surface area contributed by atoms with Crippen molar-refractivity contribution in [2.24, 2.45) is 4.99 Å². The number of methoxy groups -OCH3 is 1. The molecule has 0 aliphatic carbocycles. The maximum Gasteiger partial charge on any atom is 0.287 e. The van der Waals surface area contributed by atoms with E-state index in [9.17, 15) is 19.1 Å². The number of phenolic OH excluding ortho intramolecular Hbond substituents is 1. The van der Waals surface area contributed by atoms with Gasteiger partial charge in [0.25, 0.3) is 11.8 Å². The minimum atomic E-state index is -0.888. The highest BCUT2D eigenvalue weighted by Crippen LogP contribution is 2.31. The van der Waals surface area contributed by atoms with Gasteiger partial charge in [-0.15, -0.1) is 0 Å².